The first-order valence-electron chi connectivity index (χ1n) is 10.4. The number of carbonyl (C=O) groups excluding carboxylic acids is 2. The molecule has 0 saturated heterocycles. The zero-order chi connectivity index (χ0) is 17.2. The van der Waals surface area contributed by atoms with E-state index in [1.54, 1.807) is 0 Å². The largest absolute Gasteiger partial charge is 0.396 e. The first-order chi connectivity index (χ1) is 11.7. The van der Waals surface area contributed by atoms with Crippen molar-refractivity contribution in [3.8, 4) is 0 Å². The van der Waals surface area contributed by atoms with Crippen molar-refractivity contribution in [3.63, 3.8) is 0 Å². The van der Waals surface area contributed by atoms with E-state index in [0.29, 0.717) is 29.8 Å². The van der Waals surface area contributed by atoms with Gasteiger partial charge in [-0.1, -0.05) is 44.9 Å². The Morgan fingerprint density at radius 1 is 0.917 bits per heavy atom. The summed E-state index contributed by atoms with van der Waals surface area (Å²) in [5.74, 6) is 1.92. The number of hydrogen-bond acceptors (Lipinski definition) is 3. The lowest BCUT2D eigenvalue weighted by Crippen LogP contribution is -2.20. The number of aliphatic hydroxyl groups is 1. The van der Waals surface area contributed by atoms with Gasteiger partial charge in [0, 0.05) is 31.3 Å². The van der Waals surface area contributed by atoms with Crippen LogP contribution < -0.4 is 0 Å². The third-order valence-corrected chi connectivity index (χ3v) is 6.24. The van der Waals surface area contributed by atoms with Gasteiger partial charge in [0.2, 0.25) is 0 Å². The summed E-state index contributed by atoms with van der Waals surface area (Å²) in [6.07, 6.45) is 15.8. The van der Waals surface area contributed by atoms with Crippen LogP contribution in [0.15, 0.2) is 0 Å². The summed E-state index contributed by atoms with van der Waals surface area (Å²) in [6.45, 7) is 0.290. The molecule has 3 heteroatoms. The number of hydrogen-bond donors (Lipinski definition) is 1. The number of rotatable bonds is 11. The Bertz CT molecular complexity index is 385. The molecular weight excluding hydrogens is 300 g/mol. The first kappa shape index (κ1) is 19.6. The Hall–Kier alpha value is -0.700. The minimum atomic E-state index is 0.224. The van der Waals surface area contributed by atoms with E-state index < -0.39 is 0 Å². The van der Waals surface area contributed by atoms with Crippen LogP contribution in [-0.4, -0.2) is 23.3 Å². The lowest BCUT2D eigenvalue weighted by molar-refractivity contribution is -0.125. The molecule has 0 heterocycles. The Kier molecular flexibility index (Phi) is 9.01. The highest BCUT2D eigenvalue weighted by Gasteiger charge is 2.34. The molecule has 2 saturated carbocycles. The van der Waals surface area contributed by atoms with Gasteiger partial charge in [0.1, 0.15) is 11.6 Å². The molecule has 0 radical (unpaired) electrons. The summed E-state index contributed by atoms with van der Waals surface area (Å²) < 4.78 is 0. The number of Topliss-reactive ketones (excluding diaryl/α,β-unsaturated/α-hetero) is 2. The lowest BCUT2D eigenvalue weighted by atomic mass is 9.81. The zero-order valence-electron chi connectivity index (χ0n) is 15.3. The van der Waals surface area contributed by atoms with Crippen LogP contribution in [-0.2, 0) is 9.59 Å². The van der Waals surface area contributed by atoms with Crippen molar-refractivity contribution in [2.45, 2.75) is 96.3 Å². The van der Waals surface area contributed by atoms with Gasteiger partial charge in [0.05, 0.1) is 0 Å². The molecule has 3 nitrogen and oxygen atoms in total. The third kappa shape index (κ3) is 6.31. The fourth-order valence-electron chi connectivity index (χ4n) is 4.68. The van der Waals surface area contributed by atoms with Crippen LogP contribution in [0.25, 0.3) is 0 Å². The summed E-state index contributed by atoms with van der Waals surface area (Å²) in [4.78, 5) is 24.6. The van der Waals surface area contributed by atoms with E-state index in [1.807, 2.05) is 0 Å². The van der Waals surface area contributed by atoms with Gasteiger partial charge in [-0.25, -0.2) is 0 Å². The van der Waals surface area contributed by atoms with Gasteiger partial charge in [-0.15, -0.1) is 0 Å². The van der Waals surface area contributed by atoms with Gasteiger partial charge in [-0.3, -0.25) is 9.59 Å². The van der Waals surface area contributed by atoms with Gasteiger partial charge >= 0.3 is 0 Å². The molecule has 0 aromatic rings. The maximum atomic E-state index is 12.4. The van der Waals surface area contributed by atoms with Crippen molar-refractivity contribution in [3.05, 3.63) is 0 Å². The normalized spacial score (nSPS) is 25.3. The average molecular weight is 337 g/mol. The fraction of sp³-hybridized carbons (Fsp3) is 0.905. The molecule has 138 valence electrons. The second kappa shape index (κ2) is 11.0. The Morgan fingerprint density at radius 2 is 1.62 bits per heavy atom. The minimum Gasteiger partial charge on any atom is -0.396 e. The molecule has 0 spiro atoms. The van der Waals surface area contributed by atoms with E-state index in [2.05, 4.69) is 0 Å². The Balaban J connectivity index is 1.66. The SMILES string of the molecule is O=C(CCC1CCC(=O)C1CCCCCCCO)C1CCCCC1. The van der Waals surface area contributed by atoms with E-state index >= 15 is 0 Å². The van der Waals surface area contributed by atoms with Gasteiger partial charge in [0.15, 0.2) is 0 Å². The van der Waals surface area contributed by atoms with E-state index in [1.165, 1.54) is 19.3 Å². The lowest BCUT2D eigenvalue weighted by Gasteiger charge is -2.22. The number of carbonyl (C=O) groups is 2. The predicted octanol–water partition coefficient (Wildman–Crippen LogP) is 4.84. The Labute approximate surface area is 147 Å². The minimum absolute atomic E-state index is 0.224. The fourth-order valence-corrected chi connectivity index (χ4v) is 4.68. The van der Waals surface area contributed by atoms with E-state index in [-0.39, 0.29) is 12.5 Å². The highest BCUT2D eigenvalue weighted by atomic mass is 16.2. The maximum Gasteiger partial charge on any atom is 0.136 e. The zero-order valence-corrected chi connectivity index (χ0v) is 15.3. The molecule has 2 aliphatic carbocycles. The smallest absolute Gasteiger partial charge is 0.136 e. The molecule has 2 fully saturated rings. The molecule has 1 N–H and O–H groups in total. The van der Waals surface area contributed by atoms with Crippen molar-refractivity contribution >= 4 is 11.6 Å². The molecular formula is C21H36O3. The van der Waals surface area contributed by atoms with Crippen molar-refractivity contribution < 1.29 is 14.7 Å². The van der Waals surface area contributed by atoms with Gasteiger partial charge in [-0.2, -0.15) is 0 Å². The second-order valence-corrected chi connectivity index (χ2v) is 7.99. The summed E-state index contributed by atoms with van der Waals surface area (Å²) in [6, 6.07) is 0. The quantitative estimate of drug-likeness (QED) is 0.549. The van der Waals surface area contributed by atoms with Crippen LogP contribution in [0.1, 0.15) is 96.3 Å². The van der Waals surface area contributed by atoms with E-state index in [0.717, 1.165) is 70.6 Å². The molecule has 24 heavy (non-hydrogen) atoms. The molecule has 2 aliphatic rings. The molecule has 0 bridgehead atoms. The second-order valence-electron chi connectivity index (χ2n) is 7.99. The van der Waals surface area contributed by atoms with Crippen LogP contribution in [0.5, 0.6) is 0 Å². The molecule has 0 aromatic carbocycles. The van der Waals surface area contributed by atoms with E-state index in [4.69, 9.17) is 5.11 Å². The number of aliphatic hydroxyl groups excluding tert-OH is 1. The molecule has 0 aliphatic heterocycles. The molecule has 2 rings (SSSR count). The summed E-state index contributed by atoms with van der Waals surface area (Å²) >= 11 is 0. The van der Waals surface area contributed by atoms with Crippen LogP contribution in [0, 0.1) is 17.8 Å². The van der Waals surface area contributed by atoms with Crippen molar-refractivity contribution in [2.75, 3.05) is 6.61 Å². The van der Waals surface area contributed by atoms with Gasteiger partial charge in [-0.05, 0) is 44.4 Å². The summed E-state index contributed by atoms with van der Waals surface area (Å²) in [5, 5.41) is 8.79. The van der Waals surface area contributed by atoms with Crippen molar-refractivity contribution in [1.29, 1.82) is 0 Å². The highest BCUT2D eigenvalue weighted by Crippen LogP contribution is 2.36. The van der Waals surface area contributed by atoms with Gasteiger partial charge in [0.25, 0.3) is 0 Å². The highest BCUT2D eigenvalue weighted by molar-refractivity contribution is 5.84. The number of ketones is 2. The molecule has 0 amide bonds. The monoisotopic (exact) mass is 336 g/mol. The summed E-state index contributed by atoms with van der Waals surface area (Å²) in [5.41, 5.74) is 0. The standard InChI is InChI=1S/C21H36O3/c22-16-8-3-1-2-7-11-19-17(13-15-21(19)24)12-14-20(23)18-9-5-4-6-10-18/h17-19,22H,1-16H2. The van der Waals surface area contributed by atoms with Crippen LogP contribution >= 0.6 is 0 Å². The van der Waals surface area contributed by atoms with Crippen molar-refractivity contribution in [2.24, 2.45) is 17.8 Å². The van der Waals surface area contributed by atoms with Crippen LogP contribution in [0.3, 0.4) is 0 Å². The maximum absolute atomic E-state index is 12.4. The average Bonchev–Trinajstić information content (AvgIpc) is 2.96. The number of unbranched alkanes of at least 4 members (excludes halogenated alkanes) is 4. The third-order valence-electron chi connectivity index (χ3n) is 6.24. The first-order valence-corrected chi connectivity index (χ1v) is 10.4. The predicted molar refractivity (Wildman–Crippen MR) is 96.8 cm³/mol. The van der Waals surface area contributed by atoms with Crippen molar-refractivity contribution in [1.82, 2.24) is 0 Å². The summed E-state index contributed by atoms with van der Waals surface area (Å²) in [7, 11) is 0. The molecule has 2 atom stereocenters. The van der Waals surface area contributed by atoms with Crippen LogP contribution in [0.4, 0.5) is 0 Å². The molecule has 2 unspecified atom stereocenters. The van der Waals surface area contributed by atoms with E-state index in [9.17, 15) is 9.59 Å². The molecule has 0 aromatic heterocycles. The van der Waals surface area contributed by atoms with Gasteiger partial charge < -0.3 is 5.11 Å². The topological polar surface area (TPSA) is 54.4 Å². The van der Waals surface area contributed by atoms with Crippen LogP contribution in [0.2, 0.25) is 0 Å². The Morgan fingerprint density at radius 3 is 2.38 bits per heavy atom.